The Bertz CT molecular complexity index is 1220. The van der Waals surface area contributed by atoms with Gasteiger partial charge in [-0.3, -0.25) is 0 Å². The van der Waals surface area contributed by atoms with Gasteiger partial charge in [-0.2, -0.15) is 4.52 Å². The monoisotopic (exact) mass is 469 g/mol. The van der Waals surface area contributed by atoms with Crippen LogP contribution in [-0.4, -0.2) is 45.3 Å². The number of carbonyl (C=O) groups is 1. The Hall–Kier alpha value is -3.20. The van der Waals surface area contributed by atoms with E-state index >= 15 is 0 Å². The fraction of sp³-hybridized carbons (Fsp3) is 0.238. The van der Waals surface area contributed by atoms with E-state index in [2.05, 4.69) is 26.3 Å². The number of halogens is 1. The number of ether oxygens (including phenoxy) is 2. The van der Waals surface area contributed by atoms with Gasteiger partial charge in [0.2, 0.25) is 5.95 Å². The molecule has 2 aromatic heterocycles. The van der Waals surface area contributed by atoms with Crippen LogP contribution in [0.25, 0.3) is 27.9 Å². The fourth-order valence-electron chi connectivity index (χ4n) is 3.07. The summed E-state index contributed by atoms with van der Waals surface area (Å²) >= 11 is 3.55. The second kappa shape index (κ2) is 8.27. The van der Waals surface area contributed by atoms with E-state index in [4.69, 9.17) is 19.4 Å². The van der Waals surface area contributed by atoms with Crippen molar-refractivity contribution in [3.05, 3.63) is 46.9 Å². The molecule has 2 aromatic carbocycles. The Kier molecular flexibility index (Phi) is 5.54. The van der Waals surface area contributed by atoms with E-state index in [1.807, 2.05) is 42.5 Å². The van der Waals surface area contributed by atoms with E-state index in [0.29, 0.717) is 24.0 Å². The summed E-state index contributed by atoms with van der Waals surface area (Å²) in [5.41, 5.74) is 2.19. The van der Waals surface area contributed by atoms with Gasteiger partial charge in [0, 0.05) is 15.4 Å². The summed E-state index contributed by atoms with van der Waals surface area (Å²) in [5, 5.41) is 8.59. The highest BCUT2D eigenvalue weighted by molar-refractivity contribution is 9.10. The third kappa shape index (κ3) is 3.68. The van der Waals surface area contributed by atoms with Crippen LogP contribution in [0.5, 0.6) is 5.75 Å². The lowest BCUT2D eigenvalue weighted by Gasteiger charge is -2.14. The predicted molar refractivity (Wildman–Crippen MR) is 118 cm³/mol. The van der Waals surface area contributed by atoms with Crippen molar-refractivity contribution in [1.82, 2.24) is 19.6 Å². The van der Waals surface area contributed by atoms with Crippen molar-refractivity contribution in [2.24, 2.45) is 0 Å². The van der Waals surface area contributed by atoms with Gasteiger partial charge in [0.1, 0.15) is 11.8 Å². The van der Waals surface area contributed by atoms with Gasteiger partial charge in [-0.1, -0.05) is 6.07 Å². The van der Waals surface area contributed by atoms with Crippen LogP contribution in [0.1, 0.15) is 13.8 Å². The lowest BCUT2D eigenvalue weighted by Crippen LogP contribution is -2.29. The molecular weight excluding hydrogens is 450 g/mol. The maximum atomic E-state index is 12.1. The second-order valence-corrected chi connectivity index (χ2v) is 7.44. The highest BCUT2D eigenvalue weighted by atomic mass is 79.9. The second-order valence-electron chi connectivity index (χ2n) is 6.59. The van der Waals surface area contributed by atoms with Crippen LogP contribution in [0.4, 0.5) is 5.95 Å². The molecule has 154 valence electrons. The molecule has 0 spiro atoms. The highest BCUT2D eigenvalue weighted by Gasteiger charge is 2.20. The highest BCUT2D eigenvalue weighted by Crippen LogP contribution is 2.29. The summed E-state index contributed by atoms with van der Waals surface area (Å²) in [6, 6.07) is 12.7. The van der Waals surface area contributed by atoms with E-state index in [0.717, 1.165) is 26.7 Å². The first-order valence-corrected chi connectivity index (χ1v) is 10.2. The van der Waals surface area contributed by atoms with Crippen molar-refractivity contribution in [1.29, 1.82) is 0 Å². The van der Waals surface area contributed by atoms with Gasteiger partial charge in [-0.05, 0) is 66.2 Å². The van der Waals surface area contributed by atoms with Crippen molar-refractivity contribution in [2.75, 3.05) is 19.0 Å². The van der Waals surface area contributed by atoms with E-state index in [1.54, 1.807) is 25.5 Å². The topological polar surface area (TPSA) is 90.6 Å². The number of aromatic nitrogens is 4. The van der Waals surface area contributed by atoms with Gasteiger partial charge in [0.25, 0.3) is 0 Å². The lowest BCUT2D eigenvalue weighted by molar-refractivity contribution is -0.143. The molecule has 8 nitrogen and oxygen atoms in total. The minimum atomic E-state index is -0.603. The first-order valence-electron chi connectivity index (χ1n) is 9.44. The van der Waals surface area contributed by atoms with Gasteiger partial charge in [-0.15, -0.1) is 5.10 Å². The van der Waals surface area contributed by atoms with E-state index < -0.39 is 6.04 Å². The molecule has 0 radical (unpaired) electrons. The van der Waals surface area contributed by atoms with Gasteiger partial charge in [-0.25, -0.2) is 14.8 Å². The molecule has 1 atom stereocenters. The Morgan fingerprint density at radius 2 is 1.97 bits per heavy atom. The number of para-hydroxylation sites is 1. The van der Waals surface area contributed by atoms with Crippen molar-refractivity contribution in [3.63, 3.8) is 0 Å². The molecule has 1 unspecified atom stereocenters. The molecule has 9 heteroatoms. The average Bonchev–Trinajstić information content (AvgIpc) is 3.21. The third-order valence-corrected chi connectivity index (χ3v) is 5.23. The zero-order valence-electron chi connectivity index (χ0n) is 16.7. The molecule has 30 heavy (non-hydrogen) atoms. The molecule has 0 saturated carbocycles. The summed E-state index contributed by atoms with van der Waals surface area (Å²) in [6.07, 6.45) is 0. The van der Waals surface area contributed by atoms with Gasteiger partial charge >= 0.3 is 5.97 Å². The number of methoxy groups -OCH3 is 1. The van der Waals surface area contributed by atoms with Crippen molar-refractivity contribution in [2.45, 2.75) is 19.9 Å². The molecule has 4 aromatic rings. The molecule has 0 fully saturated rings. The number of fused-ring (bicyclic) bond motifs is 3. The fourth-order valence-corrected chi connectivity index (χ4v) is 3.53. The lowest BCUT2D eigenvalue weighted by atomic mass is 10.2. The minimum absolute atomic E-state index is 0.307. The average molecular weight is 470 g/mol. The molecule has 0 amide bonds. The van der Waals surface area contributed by atoms with E-state index in [9.17, 15) is 4.79 Å². The van der Waals surface area contributed by atoms with Crippen molar-refractivity contribution >= 4 is 44.4 Å². The molecule has 0 bridgehead atoms. The number of carbonyl (C=O) groups excluding carboxylic acids is 1. The number of nitrogens with zero attached hydrogens (tertiary/aromatic N) is 4. The quantitative estimate of drug-likeness (QED) is 0.425. The normalized spacial score (nSPS) is 12.1. The van der Waals surface area contributed by atoms with Crippen molar-refractivity contribution < 1.29 is 14.3 Å². The maximum Gasteiger partial charge on any atom is 0.328 e. The Balaban J connectivity index is 1.87. The Morgan fingerprint density at radius 3 is 2.67 bits per heavy atom. The van der Waals surface area contributed by atoms with Gasteiger partial charge in [0.15, 0.2) is 11.5 Å². The summed E-state index contributed by atoms with van der Waals surface area (Å²) in [5.74, 6) is 1.33. The van der Waals surface area contributed by atoms with Crippen molar-refractivity contribution in [3.8, 4) is 17.1 Å². The molecule has 0 aliphatic heterocycles. The molecule has 2 heterocycles. The van der Waals surface area contributed by atoms with Crippen LogP contribution >= 0.6 is 15.9 Å². The van der Waals surface area contributed by atoms with E-state index in [-0.39, 0.29) is 5.97 Å². The van der Waals surface area contributed by atoms with Crippen LogP contribution in [-0.2, 0) is 9.53 Å². The number of anilines is 1. The van der Waals surface area contributed by atoms with Crippen LogP contribution in [0.15, 0.2) is 46.9 Å². The van der Waals surface area contributed by atoms with E-state index in [1.165, 1.54) is 0 Å². The molecular formula is C21H20BrN5O3. The third-order valence-electron chi connectivity index (χ3n) is 4.59. The predicted octanol–water partition coefficient (Wildman–Crippen LogP) is 4.08. The first-order chi connectivity index (χ1) is 14.5. The van der Waals surface area contributed by atoms with Gasteiger partial charge < -0.3 is 14.8 Å². The van der Waals surface area contributed by atoms with Crippen LogP contribution in [0.2, 0.25) is 0 Å². The summed E-state index contributed by atoms with van der Waals surface area (Å²) < 4.78 is 12.8. The smallest absolute Gasteiger partial charge is 0.328 e. The SMILES string of the molecule is CCOC(=O)C(C)Nc1nc2c(Br)cccc2c2nc(-c3ccc(OC)cc3)nn12. The zero-order valence-corrected chi connectivity index (χ0v) is 18.3. The number of hydrogen-bond donors (Lipinski definition) is 1. The number of benzene rings is 2. The number of hydrogen-bond acceptors (Lipinski definition) is 7. The molecule has 0 aliphatic carbocycles. The summed E-state index contributed by atoms with van der Waals surface area (Å²) in [7, 11) is 1.62. The Morgan fingerprint density at radius 1 is 1.20 bits per heavy atom. The number of nitrogens with one attached hydrogen (secondary N) is 1. The zero-order chi connectivity index (χ0) is 21.3. The first kappa shape index (κ1) is 20.1. The van der Waals surface area contributed by atoms with Crippen LogP contribution in [0, 0.1) is 0 Å². The Labute approximate surface area is 181 Å². The molecule has 0 saturated heterocycles. The van der Waals surface area contributed by atoms with Crippen LogP contribution < -0.4 is 10.1 Å². The maximum absolute atomic E-state index is 12.1. The largest absolute Gasteiger partial charge is 0.497 e. The summed E-state index contributed by atoms with van der Waals surface area (Å²) in [6.45, 7) is 3.80. The number of esters is 1. The molecule has 4 rings (SSSR count). The molecule has 1 N–H and O–H groups in total. The number of rotatable bonds is 6. The van der Waals surface area contributed by atoms with Crippen LogP contribution in [0.3, 0.4) is 0 Å². The standard InChI is InChI=1S/C21H20BrN5O3/c1-4-30-20(28)12(2)23-21-24-17-15(6-5-7-16(17)22)19-25-18(26-27(19)21)13-8-10-14(29-3)11-9-13/h5-12H,4H2,1-3H3,(H,23,24). The van der Waals surface area contributed by atoms with Gasteiger partial charge in [0.05, 0.1) is 19.2 Å². The summed E-state index contributed by atoms with van der Waals surface area (Å²) in [4.78, 5) is 21.6. The minimum Gasteiger partial charge on any atom is -0.497 e. The molecule has 0 aliphatic rings.